The molecule has 1 aliphatic rings. The molecule has 1 atom stereocenters. The van der Waals surface area contributed by atoms with Crippen LogP contribution in [0.1, 0.15) is 37.6 Å². The van der Waals surface area contributed by atoms with Gasteiger partial charge in [-0.2, -0.15) is 0 Å². The highest BCUT2D eigenvalue weighted by molar-refractivity contribution is 6.30. The van der Waals surface area contributed by atoms with Gasteiger partial charge in [-0.3, -0.25) is 4.79 Å². The number of benzene rings is 1. The van der Waals surface area contributed by atoms with Crippen LogP contribution < -0.4 is 10.2 Å². The van der Waals surface area contributed by atoms with Crippen LogP contribution in [0.3, 0.4) is 0 Å². The van der Waals surface area contributed by atoms with Crippen LogP contribution in [-0.2, 0) is 11.2 Å². The fraction of sp³-hybridized carbons (Fsp3) is 0.474. The maximum absolute atomic E-state index is 12.7. The first-order chi connectivity index (χ1) is 11.9. The quantitative estimate of drug-likeness (QED) is 0.883. The highest BCUT2D eigenvalue weighted by atomic mass is 35.5. The molecule has 2 heterocycles. The van der Waals surface area contributed by atoms with Gasteiger partial charge in [-0.25, -0.2) is 0 Å². The SMILES string of the molecule is CNC(=O)C1(Cc2cc(C(C)C)no2)CCN(c2ccc(Cl)cc2)C1. The molecule has 2 aromatic rings. The van der Waals surface area contributed by atoms with Crippen molar-refractivity contribution < 1.29 is 9.32 Å². The van der Waals surface area contributed by atoms with E-state index in [0.29, 0.717) is 23.9 Å². The Morgan fingerprint density at radius 1 is 1.40 bits per heavy atom. The van der Waals surface area contributed by atoms with E-state index in [4.69, 9.17) is 16.1 Å². The maximum atomic E-state index is 12.7. The molecule has 1 unspecified atom stereocenters. The van der Waals surface area contributed by atoms with Crippen LogP contribution in [0.15, 0.2) is 34.9 Å². The number of hydrogen-bond acceptors (Lipinski definition) is 4. The average molecular weight is 362 g/mol. The lowest BCUT2D eigenvalue weighted by atomic mass is 9.81. The molecule has 1 saturated heterocycles. The molecular weight excluding hydrogens is 338 g/mol. The van der Waals surface area contributed by atoms with Crippen molar-refractivity contribution in [3.63, 3.8) is 0 Å². The van der Waals surface area contributed by atoms with Crippen LogP contribution in [0.5, 0.6) is 0 Å². The Morgan fingerprint density at radius 2 is 2.12 bits per heavy atom. The van der Waals surface area contributed by atoms with Gasteiger partial charge in [0.05, 0.1) is 11.1 Å². The van der Waals surface area contributed by atoms with Gasteiger partial charge in [-0.1, -0.05) is 30.6 Å². The van der Waals surface area contributed by atoms with Gasteiger partial charge in [0, 0.05) is 43.3 Å². The number of halogens is 1. The normalized spacial score (nSPS) is 20.3. The summed E-state index contributed by atoms with van der Waals surface area (Å²) < 4.78 is 5.50. The van der Waals surface area contributed by atoms with Crippen LogP contribution in [0.25, 0.3) is 0 Å². The van der Waals surface area contributed by atoms with E-state index >= 15 is 0 Å². The van der Waals surface area contributed by atoms with Crippen LogP contribution in [-0.4, -0.2) is 31.2 Å². The highest BCUT2D eigenvalue weighted by Crippen LogP contribution is 2.37. The van der Waals surface area contributed by atoms with E-state index in [9.17, 15) is 4.79 Å². The lowest BCUT2D eigenvalue weighted by Crippen LogP contribution is -2.43. The second-order valence-electron chi connectivity index (χ2n) is 7.06. The number of hydrogen-bond donors (Lipinski definition) is 1. The average Bonchev–Trinajstić information content (AvgIpc) is 3.23. The molecule has 5 nitrogen and oxygen atoms in total. The fourth-order valence-corrected chi connectivity index (χ4v) is 3.56. The van der Waals surface area contributed by atoms with E-state index < -0.39 is 5.41 Å². The minimum atomic E-state index is -0.512. The van der Waals surface area contributed by atoms with Crippen molar-refractivity contribution in [3.05, 3.63) is 46.8 Å². The van der Waals surface area contributed by atoms with Crippen LogP contribution in [0, 0.1) is 5.41 Å². The maximum Gasteiger partial charge on any atom is 0.228 e. The van der Waals surface area contributed by atoms with Crippen molar-refractivity contribution in [3.8, 4) is 0 Å². The van der Waals surface area contributed by atoms with Crippen molar-refractivity contribution in [2.45, 2.75) is 32.6 Å². The summed E-state index contributed by atoms with van der Waals surface area (Å²) in [5, 5.41) is 7.67. The number of nitrogens with one attached hydrogen (secondary N) is 1. The lowest BCUT2D eigenvalue weighted by molar-refractivity contribution is -0.129. The van der Waals surface area contributed by atoms with Crippen molar-refractivity contribution in [2.75, 3.05) is 25.0 Å². The van der Waals surface area contributed by atoms with Gasteiger partial charge in [0.25, 0.3) is 0 Å². The standard InChI is InChI=1S/C19H24ClN3O2/c1-13(2)17-10-16(25-22-17)11-19(18(24)21-3)8-9-23(12-19)15-6-4-14(20)5-7-15/h4-7,10,13H,8-9,11-12H2,1-3H3,(H,21,24). The number of aromatic nitrogens is 1. The molecule has 1 N–H and O–H groups in total. The molecule has 25 heavy (non-hydrogen) atoms. The lowest BCUT2D eigenvalue weighted by Gasteiger charge is -2.27. The minimum absolute atomic E-state index is 0.0476. The Kier molecular flexibility index (Phi) is 5.04. The van der Waals surface area contributed by atoms with Crippen molar-refractivity contribution >= 4 is 23.2 Å². The molecule has 1 aromatic heterocycles. The third kappa shape index (κ3) is 3.66. The molecule has 0 spiro atoms. The van der Waals surface area contributed by atoms with Crippen molar-refractivity contribution in [1.29, 1.82) is 0 Å². The van der Waals surface area contributed by atoms with Crippen molar-refractivity contribution in [1.82, 2.24) is 10.5 Å². The summed E-state index contributed by atoms with van der Waals surface area (Å²) in [5.41, 5.74) is 1.49. The molecule has 1 fully saturated rings. The van der Waals surface area contributed by atoms with Crippen LogP contribution in [0.2, 0.25) is 5.02 Å². The summed E-state index contributed by atoms with van der Waals surface area (Å²) in [4.78, 5) is 14.9. The number of carbonyl (C=O) groups excluding carboxylic acids is 1. The molecule has 1 aliphatic heterocycles. The second-order valence-corrected chi connectivity index (χ2v) is 7.49. The van der Waals surface area contributed by atoms with Crippen LogP contribution in [0.4, 0.5) is 5.69 Å². The van der Waals surface area contributed by atoms with Crippen molar-refractivity contribution in [2.24, 2.45) is 5.41 Å². The van der Waals surface area contributed by atoms with Gasteiger partial charge in [0.1, 0.15) is 5.76 Å². The molecule has 1 amide bonds. The van der Waals surface area contributed by atoms with Gasteiger partial charge in [0.15, 0.2) is 0 Å². The molecule has 0 saturated carbocycles. The summed E-state index contributed by atoms with van der Waals surface area (Å²) in [6.07, 6.45) is 1.32. The molecule has 134 valence electrons. The fourth-order valence-electron chi connectivity index (χ4n) is 3.44. The molecule has 0 radical (unpaired) electrons. The smallest absolute Gasteiger partial charge is 0.228 e. The van der Waals surface area contributed by atoms with Gasteiger partial charge >= 0.3 is 0 Å². The van der Waals surface area contributed by atoms with E-state index in [-0.39, 0.29) is 5.91 Å². The largest absolute Gasteiger partial charge is 0.370 e. The first-order valence-corrected chi connectivity index (χ1v) is 8.99. The Balaban J connectivity index is 1.82. The zero-order valence-corrected chi connectivity index (χ0v) is 15.6. The van der Waals surface area contributed by atoms with Gasteiger partial charge in [-0.15, -0.1) is 0 Å². The van der Waals surface area contributed by atoms with Crippen LogP contribution >= 0.6 is 11.6 Å². The molecule has 0 bridgehead atoms. The summed E-state index contributed by atoms with van der Waals surface area (Å²) in [6.45, 7) is 5.62. The van der Waals surface area contributed by atoms with E-state index in [0.717, 1.165) is 30.1 Å². The molecule has 0 aliphatic carbocycles. The van der Waals surface area contributed by atoms with E-state index in [1.807, 2.05) is 30.3 Å². The Labute approximate surface area is 153 Å². The number of anilines is 1. The van der Waals surface area contributed by atoms with Gasteiger partial charge < -0.3 is 14.7 Å². The molecule has 3 rings (SSSR count). The van der Waals surface area contributed by atoms with Gasteiger partial charge in [-0.05, 0) is 36.6 Å². The zero-order chi connectivity index (χ0) is 18.0. The predicted octanol–water partition coefficient (Wildman–Crippen LogP) is 3.64. The molecular formula is C19H24ClN3O2. The number of nitrogens with zero attached hydrogens (tertiary/aromatic N) is 2. The first kappa shape index (κ1) is 17.8. The molecule has 6 heteroatoms. The topological polar surface area (TPSA) is 58.4 Å². The monoisotopic (exact) mass is 361 g/mol. The minimum Gasteiger partial charge on any atom is -0.370 e. The molecule has 1 aromatic carbocycles. The van der Waals surface area contributed by atoms with Gasteiger partial charge in [0.2, 0.25) is 5.91 Å². The summed E-state index contributed by atoms with van der Waals surface area (Å²) >= 11 is 5.98. The highest BCUT2D eigenvalue weighted by Gasteiger charge is 2.45. The zero-order valence-electron chi connectivity index (χ0n) is 14.9. The van der Waals surface area contributed by atoms with E-state index in [1.165, 1.54) is 0 Å². The summed E-state index contributed by atoms with van der Waals surface area (Å²) in [5.74, 6) is 1.12. The third-order valence-electron chi connectivity index (χ3n) is 4.94. The summed E-state index contributed by atoms with van der Waals surface area (Å²) in [7, 11) is 1.69. The number of carbonyl (C=O) groups is 1. The van der Waals surface area contributed by atoms with E-state index in [1.54, 1.807) is 7.05 Å². The Bertz CT molecular complexity index is 741. The van der Waals surface area contributed by atoms with E-state index in [2.05, 4.69) is 29.2 Å². The second kappa shape index (κ2) is 7.08. The first-order valence-electron chi connectivity index (χ1n) is 8.62. The Morgan fingerprint density at radius 3 is 2.72 bits per heavy atom. The number of amides is 1. The number of rotatable bonds is 5. The Hall–Kier alpha value is -2.01. The third-order valence-corrected chi connectivity index (χ3v) is 5.19. The summed E-state index contributed by atoms with van der Waals surface area (Å²) in [6, 6.07) is 9.71. The predicted molar refractivity (Wildman–Crippen MR) is 99.1 cm³/mol.